The van der Waals surface area contributed by atoms with Gasteiger partial charge in [-0.25, -0.2) is 8.42 Å². The topological polar surface area (TPSA) is 71.1 Å². The molecule has 0 aliphatic rings. The van der Waals surface area contributed by atoms with E-state index in [-0.39, 0.29) is 5.75 Å². The van der Waals surface area contributed by atoms with Gasteiger partial charge in [-0.3, -0.25) is 9.71 Å². The van der Waals surface area contributed by atoms with Gasteiger partial charge < -0.3 is 5.32 Å². The Kier molecular flexibility index (Phi) is 4.39. The smallest absolute Gasteiger partial charge is 0.232 e. The molecule has 2 aromatic rings. The van der Waals surface area contributed by atoms with Crippen molar-refractivity contribution < 1.29 is 8.42 Å². The number of aromatic nitrogens is 1. The van der Waals surface area contributed by atoms with E-state index in [2.05, 4.69) is 15.0 Å². The summed E-state index contributed by atoms with van der Waals surface area (Å²) in [5.41, 5.74) is 3.30. The van der Waals surface area contributed by atoms with Gasteiger partial charge >= 0.3 is 0 Å². The molecule has 5 nitrogen and oxygen atoms in total. The molecule has 0 aliphatic heterocycles. The van der Waals surface area contributed by atoms with Crippen molar-refractivity contribution in [3.05, 3.63) is 40.8 Å². The van der Waals surface area contributed by atoms with Crippen molar-refractivity contribution in [1.29, 1.82) is 0 Å². The maximum atomic E-state index is 11.4. The van der Waals surface area contributed by atoms with E-state index in [0.717, 1.165) is 10.6 Å². The molecule has 0 fully saturated rings. The molecule has 0 aliphatic carbocycles. The summed E-state index contributed by atoms with van der Waals surface area (Å²) < 4.78 is 25.3. The van der Waals surface area contributed by atoms with Crippen LogP contribution in [0.25, 0.3) is 0 Å². The molecule has 0 unspecified atom stereocenters. The Bertz CT molecular complexity index is 607. The summed E-state index contributed by atoms with van der Waals surface area (Å²) >= 11 is 1.59. The number of thiazole rings is 1. The predicted octanol–water partition coefficient (Wildman–Crippen LogP) is 2.52. The van der Waals surface area contributed by atoms with Crippen LogP contribution in [-0.2, 0) is 16.6 Å². The van der Waals surface area contributed by atoms with Crippen LogP contribution in [0.4, 0.5) is 11.4 Å². The van der Waals surface area contributed by atoms with E-state index >= 15 is 0 Å². The average molecular weight is 297 g/mol. The standard InChI is InChI=1S/C12H15N3O2S2/c1-2-19(16,17)15-11-5-3-10(4-6-11)14-8-12-7-13-9-18-12/h3-7,9,14-15H,2,8H2,1H3. The predicted molar refractivity (Wildman–Crippen MR) is 79.0 cm³/mol. The molecule has 102 valence electrons. The van der Waals surface area contributed by atoms with Crippen molar-refractivity contribution in [2.45, 2.75) is 13.5 Å². The third-order valence-corrected chi connectivity index (χ3v) is 4.57. The molecule has 1 heterocycles. The van der Waals surface area contributed by atoms with Crippen LogP contribution in [0.15, 0.2) is 36.0 Å². The lowest BCUT2D eigenvalue weighted by molar-refractivity contribution is 0.602. The number of hydrogen-bond acceptors (Lipinski definition) is 5. The molecule has 0 bridgehead atoms. The summed E-state index contributed by atoms with van der Waals surface area (Å²) in [7, 11) is -3.21. The first kappa shape index (κ1) is 13.8. The minimum Gasteiger partial charge on any atom is -0.380 e. The fraction of sp³-hybridized carbons (Fsp3) is 0.250. The Labute approximate surface area is 116 Å². The lowest BCUT2D eigenvalue weighted by atomic mass is 10.3. The number of nitrogens with zero attached hydrogens (tertiary/aromatic N) is 1. The average Bonchev–Trinajstić information content (AvgIpc) is 2.91. The van der Waals surface area contributed by atoms with Gasteiger partial charge in [0, 0.05) is 22.4 Å². The zero-order valence-electron chi connectivity index (χ0n) is 10.5. The lowest BCUT2D eigenvalue weighted by Crippen LogP contribution is -2.14. The second-order valence-corrected chi connectivity index (χ2v) is 6.89. The third-order valence-electron chi connectivity index (χ3n) is 2.49. The van der Waals surface area contributed by atoms with E-state index in [9.17, 15) is 8.42 Å². The van der Waals surface area contributed by atoms with Crippen LogP contribution < -0.4 is 10.0 Å². The minimum absolute atomic E-state index is 0.0678. The maximum absolute atomic E-state index is 11.4. The summed E-state index contributed by atoms with van der Waals surface area (Å²) in [6.07, 6.45) is 1.82. The van der Waals surface area contributed by atoms with Crippen molar-refractivity contribution in [3.63, 3.8) is 0 Å². The van der Waals surface area contributed by atoms with Crippen LogP contribution in [0.3, 0.4) is 0 Å². The number of rotatable bonds is 6. The first-order valence-electron chi connectivity index (χ1n) is 5.81. The quantitative estimate of drug-likeness (QED) is 0.859. The number of sulfonamides is 1. The van der Waals surface area contributed by atoms with Crippen molar-refractivity contribution in [2.24, 2.45) is 0 Å². The van der Waals surface area contributed by atoms with Crippen LogP contribution in [-0.4, -0.2) is 19.2 Å². The zero-order valence-corrected chi connectivity index (χ0v) is 12.1. The number of anilines is 2. The summed E-state index contributed by atoms with van der Waals surface area (Å²) in [4.78, 5) is 5.15. The SMILES string of the molecule is CCS(=O)(=O)Nc1ccc(NCc2cncs2)cc1. The Morgan fingerprint density at radius 3 is 2.47 bits per heavy atom. The molecule has 2 N–H and O–H groups in total. The summed E-state index contributed by atoms with van der Waals surface area (Å²) in [6.45, 7) is 2.32. The molecule has 0 saturated heterocycles. The second-order valence-electron chi connectivity index (χ2n) is 3.90. The summed E-state index contributed by atoms with van der Waals surface area (Å²) in [5, 5.41) is 3.24. The van der Waals surface area contributed by atoms with Crippen LogP contribution in [0, 0.1) is 0 Å². The normalized spacial score (nSPS) is 11.2. The Hall–Kier alpha value is -1.60. The molecule has 0 saturated carbocycles. The second kappa shape index (κ2) is 6.03. The molecule has 1 aromatic heterocycles. The maximum Gasteiger partial charge on any atom is 0.232 e. The molecule has 0 amide bonds. The molecule has 0 spiro atoms. The van der Waals surface area contributed by atoms with Gasteiger partial charge in [0.05, 0.1) is 17.8 Å². The fourth-order valence-electron chi connectivity index (χ4n) is 1.43. The van der Waals surface area contributed by atoms with Crippen LogP contribution in [0.2, 0.25) is 0 Å². The van der Waals surface area contributed by atoms with Gasteiger partial charge in [0.1, 0.15) is 0 Å². The molecule has 1 aromatic carbocycles. The molecule has 7 heteroatoms. The van der Waals surface area contributed by atoms with Gasteiger partial charge in [-0.05, 0) is 31.2 Å². The molecular formula is C12H15N3O2S2. The van der Waals surface area contributed by atoms with Crippen molar-refractivity contribution in [2.75, 3.05) is 15.8 Å². The lowest BCUT2D eigenvalue weighted by Gasteiger charge is -2.08. The monoisotopic (exact) mass is 297 g/mol. The minimum atomic E-state index is -3.21. The Morgan fingerprint density at radius 2 is 1.89 bits per heavy atom. The van der Waals surface area contributed by atoms with Crippen molar-refractivity contribution >= 4 is 32.7 Å². The van der Waals surface area contributed by atoms with E-state index in [4.69, 9.17) is 0 Å². The van der Waals surface area contributed by atoms with Gasteiger partial charge in [0.2, 0.25) is 10.0 Å². The molecule has 0 radical (unpaired) electrons. The highest BCUT2D eigenvalue weighted by molar-refractivity contribution is 7.92. The van der Waals surface area contributed by atoms with E-state index in [1.165, 1.54) is 0 Å². The Balaban J connectivity index is 1.95. The molecule has 19 heavy (non-hydrogen) atoms. The third kappa shape index (κ3) is 4.22. The van der Waals surface area contributed by atoms with E-state index < -0.39 is 10.0 Å². The number of nitrogens with one attached hydrogen (secondary N) is 2. The van der Waals surface area contributed by atoms with Gasteiger partial charge in [-0.15, -0.1) is 11.3 Å². The van der Waals surface area contributed by atoms with E-state index in [0.29, 0.717) is 12.2 Å². The molecule has 0 atom stereocenters. The van der Waals surface area contributed by atoms with E-state index in [1.54, 1.807) is 35.9 Å². The van der Waals surface area contributed by atoms with E-state index in [1.807, 2.05) is 18.3 Å². The highest BCUT2D eigenvalue weighted by Crippen LogP contribution is 2.16. The van der Waals surface area contributed by atoms with Gasteiger partial charge in [-0.1, -0.05) is 0 Å². The Morgan fingerprint density at radius 1 is 1.21 bits per heavy atom. The van der Waals surface area contributed by atoms with Crippen LogP contribution in [0.5, 0.6) is 0 Å². The largest absolute Gasteiger partial charge is 0.380 e. The summed E-state index contributed by atoms with van der Waals surface area (Å²) in [6, 6.07) is 7.16. The van der Waals surface area contributed by atoms with Gasteiger partial charge in [0.25, 0.3) is 0 Å². The first-order chi connectivity index (χ1) is 9.09. The number of hydrogen-bond donors (Lipinski definition) is 2. The fourth-order valence-corrected chi connectivity index (χ4v) is 2.60. The number of benzene rings is 1. The van der Waals surface area contributed by atoms with Crippen LogP contribution >= 0.6 is 11.3 Å². The van der Waals surface area contributed by atoms with Gasteiger partial charge in [-0.2, -0.15) is 0 Å². The highest BCUT2D eigenvalue weighted by Gasteiger charge is 2.06. The molecular weight excluding hydrogens is 282 g/mol. The van der Waals surface area contributed by atoms with Crippen LogP contribution in [0.1, 0.15) is 11.8 Å². The van der Waals surface area contributed by atoms with Crippen molar-refractivity contribution in [1.82, 2.24) is 4.98 Å². The van der Waals surface area contributed by atoms with Gasteiger partial charge in [0.15, 0.2) is 0 Å². The van der Waals surface area contributed by atoms with Crippen molar-refractivity contribution in [3.8, 4) is 0 Å². The molecule has 2 rings (SSSR count). The first-order valence-corrected chi connectivity index (χ1v) is 8.34. The zero-order chi connectivity index (χ0) is 13.7. The highest BCUT2D eigenvalue weighted by atomic mass is 32.2. The summed E-state index contributed by atoms with van der Waals surface area (Å²) in [5.74, 6) is 0.0678.